The van der Waals surface area contributed by atoms with E-state index in [9.17, 15) is 4.79 Å². The summed E-state index contributed by atoms with van der Waals surface area (Å²) in [7, 11) is 0. The van der Waals surface area contributed by atoms with Crippen LogP contribution in [0.2, 0.25) is 0 Å². The number of aromatic nitrogens is 2. The van der Waals surface area contributed by atoms with E-state index in [4.69, 9.17) is 13.9 Å². The van der Waals surface area contributed by atoms with Crippen LogP contribution in [-0.4, -0.2) is 29.2 Å². The Morgan fingerprint density at radius 3 is 2.85 bits per heavy atom. The number of rotatable bonds is 6. The van der Waals surface area contributed by atoms with Crippen molar-refractivity contribution in [2.75, 3.05) is 18.5 Å². The van der Waals surface area contributed by atoms with Crippen molar-refractivity contribution in [3.8, 4) is 5.88 Å². The van der Waals surface area contributed by atoms with Crippen LogP contribution in [0.15, 0.2) is 29.0 Å². The number of carbonyl (C=O) groups excluding carboxylic acids is 1. The summed E-state index contributed by atoms with van der Waals surface area (Å²) in [6.07, 6.45) is 2.82. The van der Waals surface area contributed by atoms with Gasteiger partial charge in [-0.25, -0.2) is 9.78 Å². The molecule has 0 spiro atoms. The van der Waals surface area contributed by atoms with Crippen molar-refractivity contribution < 1.29 is 18.7 Å². The minimum atomic E-state index is -0.519. The van der Waals surface area contributed by atoms with Crippen molar-refractivity contribution in [2.45, 2.75) is 13.8 Å². The Morgan fingerprint density at radius 1 is 1.35 bits per heavy atom. The molecule has 2 aromatic heterocycles. The van der Waals surface area contributed by atoms with E-state index in [1.54, 1.807) is 25.3 Å². The van der Waals surface area contributed by atoms with Crippen LogP contribution in [0.5, 0.6) is 5.88 Å². The summed E-state index contributed by atoms with van der Waals surface area (Å²) >= 11 is 0. The molecule has 0 aliphatic rings. The van der Waals surface area contributed by atoms with Gasteiger partial charge in [-0.3, -0.25) is 0 Å². The van der Waals surface area contributed by atoms with Crippen molar-refractivity contribution >= 4 is 17.7 Å². The molecule has 2 aromatic rings. The number of pyridine rings is 1. The highest BCUT2D eigenvalue weighted by Crippen LogP contribution is 2.17. The van der Waals surface area contributed by atoms with Crippen LogP contribution in [0.25, 0.3) is 0 Å². The number of hydrogen-bond donors (Lipinski definition) is 1. The van der Waals surface area contributed by atoms with Crippen molar-refractivity contribution in [3.05, 3.63) is 30.3 Å². The van der Waals surface area contributed by atoms with Gasteiger partial charge in [-0.2, -0.15) is 4.98 Å². The molecule has 106 valence electrons. The zero-order valence-corrected chi connectivity index (χ0v) is 11.3. The maximum Gasteiger partial charge on any atom is 0.360 e. The fourth-order valence-corrected chi connectivity index (χ4v) is 1.44. The fourth-order valence-electron chi connectivity index (χ4n) is 1.44. The molecule has 0 saturated carbocycles. The lowest BCUT2D eigenvalue weighted by atomic mass is 10.4. The molecule has 1 N–H and O–H groups in total. The maximum atomic E-state index is 11.4. The highest BCUT2D eigenvalue weighted by molar-refractivity contribution is 5.87. The average Bonchev–Trinajstić information content (AvgIpc) is 2.90. The lowest BCUT2D eigenvalue weighted by Gasteiger charge is -2.03. The Balaban J connectivity index is 2.01. The third kappa shape index (κ3) is 3.47. The molecule has 7 heteroatoms. The molecule has 0 aromatic carbocycles. The van der Waals surface area contributed by atoms with E-state index in [1.165, 1.54) is 6.26 Å². The van der Waals surface area contributed by atoms with Crippen molar-refractivity contribution in [1.29, 1.82) is 0 Å². The summed E-state index contributed by atoms with van der Waals surface area (Å²) in [5, 5.41) is 2.89. The number of nitrogens with zero attached hydrogens (tertiary/aromatic N) is 2. The second-order valence-electron chi connectivity index (χ2n) is 3.70. The van der Waals surface area contributed by atoms with Crippen LogP contribution in [0, 0.1) is 0 Å². The quantitative estimate of drug-likeness (QED) is 0.811. The van der Waals surface area contributed by atoms with Crippen LogP contribution in [0.4, 0.5) is 11.7 Å². The van der Waals surface area contributed by atoms with Gasteiger partial charge in [-0.15, -0.1) is 0 Å². The minimum Gasteiger partial charge on any atom is -0.478 e. The molecule has 2 heterocycles. The van der Waals surface area contributed by atoms with E-state index in [0.29, 0.717) is 18.2 Å². The Morgan fingerprint density at radius 2 is 2.20 bits per heavy atom. The summed E-state index contributed by atoms with van der Waals surface area (Å²) in [5.41, 5.74) is 0.791. The predicted octanol–water partition coefficient (Wildman–Crippen LogP) is 2.39. The molecule has 0 atom stereocenters. The van der Waals surface area contributed by atoms with Gasteiger partial charge in [0, 0.05) is 6.07 Å². The summed E-state index contributed by atoms with van der Waals surface area (Å²) in [6, 6.07) is 3.69. The highest BCUT2D eigenvalue weighted by Gasteiger charge is 2.13. The Hall–Kier alpha value is -2.57. The summed E-state index contributed by atoms with van der Waals surface area (Å²) in [4.78, 5) is 19.5. The molecule has 0 radical (unpaired) electrons. The third-order valence-electron chi connectivity index (χ3n) is 2.27. The van der Waals surface area contributed by atoms with E-state index in [0.717, 1.165) is 0 Å². The molecular weight excluding hydrogens is 262 g/mol. The Labute approximate surface area is 115 Å². The molecule has 7 nitrogen and oxygen atoms in total. The Kier molecular flexibility index (Phi) is 4.54. The summed E-state index contributed by atoms with van der Waals surface area (Å²) in [5.74, 6) is 0.0202. The van der Waals surface area contributed by atoms with Crippen molar-refractivity contribution in [2.24, 2.45) is 0 Å². The molecule has 0 bridgehead atoms. The van der Waals surface area contributed by atoms with Crippen LogP contribution >= 0.6 is 0 Å². The smallest absolute Gasteiger partial charge is 0.360 e. The van der Waals surface area contributed by atoms with E-state index in [2.05, 4.69) is 15.3 Å². The number of nitrogens with one attached hydrogen (secondary N) is 1. The van der Waals surface area contributed by atoms with Crippen LogP contribution < -0.4 is 10.1 Å². The molecule has 0 unspecified atom stereocenters. The van der Waals surface area contributed by atoms with Crippen LogP contribution in [0.1, 0.15) is 24.3 Å². The molecule has 2 rings (SSSR count). The van der Waals surface area contributed by atoms with E-state index < -0.39 is 5.97 Å². The lowest BCUT2D eigenvalue weighted by Crippen LogP contribution is -2.05. The molecule has 0 amide bonds. The maximum absolute atomic E-state index is 11.4. The minimum absolute atomic E-state index is 0.119. The fraction of sp³-hybridized carbons (Fsp3) is 0.308. The molecule has 0 aliphatic carbocycles. The van der Waals surface area contributed by atoms with Gasteiger partial charge in [-0.1, -0.05) is 0 Å². The van der Waals surface area contributed by atoms with Gasteiger partial charge in [0.1, 0.15) is 6.26 Å². The first-order valence-corrected chi connectivity index (χ1v) is 6.21. The second-order valence-corrected chi connectivity index (χ2v) is 3.70. The Bertz CT molecular complexity index is 565. The summed E-state index contributed by atoms with van der Waals surface area (Å²) in [6.45, 7) is 4.46. The number of esters is 1. The lowest BCUT2D eigenvalue weighted by molar-refractivity contribution is 0.0519. The monoisotopic (exact) mass is 277 g/mol. The number of anilines is 2. The van der Waals surface area contributed by atoms with Gasteiger partial charge in [0.05, 0.1) is 25.1 Å². The first-order chi connectivity index (χ1) is 9.72. The SMILES string of the molecule is CCOC(=O)c1coc(Nc2ccc(OCC)nc2)n1. The zero-order valence-electron chi connectivity index (χ0n) is 11.3. The number of hydrogen-bond acceptors (Lipinski definition) is 7. The summed E-state index contributed by atoms with van der Waals surface area (Å²) < 4.78 is 15.2. The van der Waals surface area contributed by atoms with Gasteiger partial charge in [0.15, 0.2) is 5.69 Å². The molecule has 0 fully saturated rings. The largest absolute Gasteiger partial charge is 0.478 e. The third-order valence-corrected chi connectivity index (χ3v) is 2.27. The van der Waals surface area contributed by atoms with Gasteiger partial charge < -0.3 is 19.2 Å². The van der Waals surface area contributed by atoms with Crippen LogP contribution in [0.3, 0.4) is 0 Å². The first-order valence-electron chi connectivity index (χ1n) is 6.21. The molecular formula is C13H15N3O4. The highest BCUT2D eigenvalue weighted by atomic mass is 16.5. The molecule has 0 aliphatic heterocycles. The molecule has 20 heavy (non-hydrogen) atoms. The van der Waals surface area contributed by atoms with Crippen molar-refractivity contribution in [1.82, 2.24) is 9.97 Å². The topological polar surface area (TPSA) is 86.5 Å². The predicted molar refractivity (Wildman–Crippen MR) is 71.1 cm³/mol. The number of carbonyl (C=O) groups is 1. The first kappa shape index (κ1) is 13.9. The van der Waals surface area contributed by atoms with E-state index in [-0.39, 0.29) is 18.3 Å². The number of ether oxygens (including phenoxy) is 2. The van der Waals surface area contributed by atoms with E-state index >= 15 is 0 Å². The van der Waals surface area contributed by atoms with Gasteiger partial charge in [0.2, 0.25) is 5.88 Å². The second kappa shape index (κ2) is 6.55. The van der Waals surface area contributed by atoms with Gasteiger partial charge >= 0.3 is 5.97 Å². The molecule has 0 saturated heterocycles. The average molecular weight is 277 g/mol. The van der Waals surface area contributed by atoms with Gasteiger partial charge in [0.25, 0.3) is 6.01 Å². The zero-order chi connectivity index (χ0) is 14.4. The van der Waals surface area contributed by atoms with E-state index in [1.807, 2.05) is 6.92 Å². The number of oxazole rings is 1. The van der Waals surface area contributed by atoms with Gasteiger partial charge in [-0.05, 0) is 19.9 Å². The standard InChI is InChI=1S/C13H15N3O4/c1-3-18-11-6-5-9(7-14-11)15-13-16-10(8-20-13)12(17)19-4-2/h5-8H,3-4H2,1-2H3,(H,15,16). The van der Waals surface area contributed by atoms with Crippen molar-refractivity contribution in [3.63, 3.8) is 0 Å². The van der Waals surface area contributed by atoms with Crippen LogP contribution in [-0.2, 0) is 4.74 Å². The normalized spacial score (nSPS) is 10.1.